The van der Waals surface area contributed by atoms with E-state index in [-0.39, 0.29) is 5.91 Å². The van der Waals surface area contributed by atoms with E-state index in [1.54, 1.807) is 7.05 Å². The molecule has 1 saturated heterocycles. The van der Waals surface area contributed by atoms with Gasteiger partial charge in [0.05, 0.1) is 7.11 Å². The van der Waals surface area contributed by atoms with E-state index < -0.39 is 17.7 Å². The monoisotopic (exact) mass is 286 g/mol. The van der Waals surface area contributed by atoms with Gasteiger partial charge in [-0.3, -0.25) is 14.5 Å². The largest absolute Gasteiger partial charge is 0.444 e. The van der Waals surface area contributed by atoms with Crippen LogP contribution in [-0.4, -0.2) is 54.3 Å². The maximum atomic E-state index is 12.3. The van der Waals surface area contributed by atoms with E-state index in [4.69, 9.17) is 9.57 Å². The van der Waals surface area contributed by atoms with Crippen LogP contribution < -0.4 is 0 Å². The predicted octanol–water partition coefficient (Wildman–Crippen LogP) is 2.04. The van der Waals surface area contributed by atoms with Crippen LogP contribution in [-0.2, 0) is 14.4 Å². The van der Waals surface area contributed by atoms with Crippen LogP contribution in [0.3, 0.4) is 0 Å². The number of amides is 2. The molecular weight excluding hydrogens is 260 g/mol. The van der Waals surface area contributed by atoms with Gasteiger partial charge in [-0.1, -0.05) is 6.92 Å². The van der Waals surface area contributed by atoms with Crippen molar-refractivity contribution in [3.8, 4) is 0 Å². The summed E-state index contributed by atoms with van der Waals surface area (Å²) in [5.41, 5.74) is -0.571. The molecule has 0 spiro atoms. The van der Waals surface area contributed by atoms with Crippen LogP contribution in [0.15, 0.2) is 0 Å². The summed E-state index contributed by atoms with van der Waals surface area (Å²) >= 11 is 0. The third-order valence-electron chi connectivity index (χ3n) is 3.31. The molecule has 0 aromatic rings. The Morgan fingerprint density at radius 2 is 1.85 bits per heavy atom. The Labute approximate surface area is 121 Å². The number of hydroxylamine groups is 2. The van der Waals surface area contributed by atoms with Gasteiger partial charge in [0, 0.05) is 13.6 Å². The number of likely N-dealkylation sites (tertiary alicyclic amines) is 1. The van der Waals surface area contributed by atoms with E-state index in [9.17, 15) is 9.59 Å². The number of rotatable bonds is 2. The van der Waals surface area contributed by atoms with Gasteiger partial charge in [0.1, 0.15) is 11.6 Å². The second-order valence-corrected chi connectivity index (χ2v) is 6.35. The lowest BCUT2D eigenvalue weighted by Gasteiger charge is -2.39. The number of hydrogen-bond acceptors (Lipinski definition) is 4. The van der Waals surface area contributed by atoms with Crippen molar-refractivity contribution in [3.05, 3.63) is 0 Å². The van der Waals surface area contributed by atoms with E-state index >= 15 is 0 Å². The molecule has 1 unspecified atom stereocenters. The first-order chi connectivity index (χ1) is 9.15. The van der Waals surface area contributed by atoms with Crippen molar-refractivity contribution in [2.24, 2.45) is 5.92 Å². The van der Waals surface area contributed by atoms with Gasteiger partial charge in [-0.15, -0.1) is 0 Å². The van der Waals surface area contributed by atoms with Gasteiger partial charge in [0.25, 0.3) is 5.91 Å². The molecule has 0 aliphatic carbocycles. The van der Waals surface area contributed by atoms with Crippen LogP contribution in [0, 0.1) is 5.92 Å². The van der Waals surface area contributed by atoms with Crippen LogP contribution >= 0.6 is 0 Å². The molecule has 116 valence electrons. The summed E-state index contributed by atoms with van der Waals surface area (Å²) in [6.45, 7) is 8.05. The Hall–Kier alpha value is -1.30. The predicted molar refractivity (Wildman–Crippen MR) is 74.9 cm³/mol. The van der Waals surface area contributed by atoms with E-state index in [0.29, 0.717) is 18.9 Å². The molecule has 1 aliphatic heterocycles. The molecule has 0 bridgehead atoms. The van der Waals surface area contributed by atoms with Crippen LogP contribution in [0.2, 0.25) is 0 Å². The molecule has 2 amide bonds. The molecule has 1 aliphatic rings. The molecule has 0 saturated carbocycles. The van der Waals surface area contributed by atoms with Crippen molar-refractivity contribution in [1.82, 2.24) is 9.96 Å². The SMILES string of the molecule is CON(C)C(=O)[C@@H]1CCC(C)CN1C(=O)OC(C)(C)C. The van der Waals surface area contributed by atoms with Crippen molar-refractivity contribution in [2.75, 3.05) is 20.7 Å². The van der Waals surface area contributed by atoms with Crippen LogP contribution in [0.4, 0.5) is 4.79 Å². The molecule has 0 aromatic carbocycles. The highest BCUT2D eigenvalue weighted by molar-refractivity contribution is 5.85. The highest BCUT2D eigenvalue weighted by Crippen LogP contribution is 2.25. The molecule has 6 heteroatoms. The summed E-state index contributed by atoms with van der Waals surface area (Å²) in [6, 6.07) is -0.508. The fourth-order valence-electron chi connectivity index (χ4n) is 2.23. The molecule has 20 heavy (non-hydrogen) atoms. The third-order valence-corrected chi connectivity index (χ3v) is 3.31. The number of piperidine rings is 1. The average Bonchev–Trinajstić information content (AvgIpc) is 2.34. The first kappa shape index (κ1) is 16.8. The van der Waals surface area contributed by atoms with E-state index in [0.717, 1.165) is 11.5 Å². The fourth-order valence-corrected chi connectivity index (χ4v) is 2.23. The summed E-state index contributed by atoms with van der Waals surface area (Å²) in [4.78, 5) is 31.0. The van der Waals surface area contributed by atoms with Gasteiger partial charge in [-0.2, -0.15) is 0 Å². The summed E-state index contributed by atoms with van der Waals surface area (Å²) in [5, 5.41) is 1.16. The fraction of sp³-hybridized carbons (Fsp3) is 0.857. The summed E-state index contributed by atoms with van der Waals surface area (Å²) in [7, 11) is 2.98. The molecular formula is C14H26N2O4. The van der Waals surface area contributed by atoms with E-state index in [1.165, 1.54) is 12.0 Å². The van der Waals surface area contributed by atoms with Gasteiger partial charge in [-0.25, -0.2) is 9.86 Å². The Morgan fingerprint density at radius 1 is 1.25 bits per heavy atom. The standard InChI is InChI=1S/C14H26N2O4/c1-10-7-8-11(12(17)15(5)19-6)16(9-10)13(18)20-14(2,3)4/h10-11H,7-9H2,1-6H3/t10?,11-/m0/s1. The Bertz CT molecular complexity index is 365. The zero-order valence-electron chi connectivity index (χ0n) is 13.3. The molecule has 1 heterocycles. The molecule has 1 fully saturated rings. The second-order valence-electron chi connectivity index (χ2n) is 6.35. The zero-order chi connectivity index (χ0) is 15.5. The van der Waals surface area contributed by atoms with E-state index in [1.807, 2.05) is 20.8 Å². The van der Waals surface area contributed by atoms with Crippen molar-refractivity contribution < 1.29 is 19.2 Å². The number of ether oxygens (including phenoxy) is 1. The van der Waals surface area contributed by atoms with Crippen LogP contribution in [0.25, 0.3) is 0 Å². The first-order valence-corrected chi connectivity index (χ1v) is 6.97. The lowest BCUT2D eigenvalue weighted by atomic mass is 9.94. The molecule has 0 radical (unpaired) electrons. The minimum atomic E-state index is -0.571. The Kier molecular flexibility index (Phi) is 5.39. The maximum Gasteiger partial charge on any atom is 0.410 e. The van der Waals surface area contributed by atoms with Crippen molar-refractivity contribution >= 4 is 12.0 Å². The van der Waals surface area contributed by atoms with Gasteiger partial charge in [0.2, 0.25) is 0 Å². The number of hydrogen-bond donors (Lipinski definition) is 0. The van der Waals surface area contributed by atoms with Crippen LogP contribution in [0.1, 0.15) is 40.5 Å². The summed E-state index contributed by atoms with van der Waals surface area (Å²) in [5.74, 6) is 0.143. The van der Waals surface area contributed by atoms with Crippen LogP contribution in [0.5, 0.6) is 0 Å². The van der Waals surface area contributed by atoms with Gasteiger partial charge >= 0.3 is 6.09 Å². The molecule has 0 N–H and O–H groups in total. The minimum Gasteiger partial charge on any atom is -0.444 e. The summed E-state index contributed by atoms with van der Waals surface area (Å²) < 4.78 is 5.39. The molecule has 6 nitrogen and oxygen atoms in total. The smallest absolute Gasteiger partial charge is 0.410 e. The molecule has 1 rings (SSSR count). The third kappa shape index (κ3) is 4.37. The van der Waals surface area contributed by atoms with Crippen molar-refractivity contribution in [1.29, 1.82) is 0 Å². The Balaban J connectivity index is 2.85. The minimum absolute atomic E-state index is 0.217. The number of carbonyl (C=O) groups excluding carboxylic acids is 2. The number of carbonyl (C=O) groups is 2. The maximum absolute atomic E-state index is 12.3. The van der Waals surface area contributed by atoms with Gasteiger partial charge < -0.3 is 4.74 Å². The second kappa shape index (κ2) is 6.43. The quantitative estimate of drug-likeness (QED) is 0.729. The van der Waals surface area contributed by atoms with Crippen molar-refractivity contribution in [2.45, 2.75) is 52.2 Å². The molecule has 2 atom stereocenters. The highest BCUT2D eigenvalue weighted by Gasteiger charge is 2.38. The average molecular weight is 286 g/mol. The lowest BCUT2D eigenvalue weighted by Crippen LogP contribution is -2.54. The molecule has 0 aromatic heterocycles. The zero-order valence-corrected chi connectivity index (χ0v) is 13.3. The summed E-state index contributed by atoms with van der Waals surface area (Å²) in [6.07, 6.45) is 1.10. The number of likely N-dealkylation sites (N-methyl/N-ethyl adjacent to an activating group) is 1. The van der Waals surface area contributed by atoms with Crippen molar-refractivity contribution in [3.63, 3.8) is 0 Å². The van der Waals surface area contributed by atoms with Gasteiger partial charge in [0.15, 0.2) is 0 Å². The normalized spacial score (nSPS) is 23.4. The first-order valence-electron chi connectivity index (χ1n) is 6.97. The number of nitrogens with zero attached hydrogens (tertiary/aromatic N) is 2. The van der Waals surface area contributed by atoms with E-state index in [2.05, 4.69) is 6.92 Å². The lowest BCUT2D eigenvalue weighted by molar-refractivity contribution is -0.175. The topological polar surface area (TPSA) is 59.1 Å². The highest BCUT2D eigenvalue weighted by atomic mass is 16.7. The Morgan fingerprint density at radius 3 is 2.35 bits per heavy atom. The van der Waals surface area contributed by atoms with Gasteiger partial charge in [-0.05, 0) is 39.5 Å².